The van der Waals surface area contributed by atoms with E-state index in [2.05, 4.69) is 45.2 Å². The molecule has 20 heavy (non-hydrogen) atoms. The van der Waals surface area contributed by atoms with Crippen molar-refractivity contribution in [3.63, 3.8) is 0 Å². The van der Waals surface area contributed by atoms with Gasteiger partial charge in [0.25, 0.3) is 0 Å². The zero-order valence-electron chi connectivity index (χ0n) is 10.6. The van der Waals surface area contributed by atoms with Crippen LogP contribution in [0.1, 0.15) is 11.1 Å². The van der Waals surface area contributed by atoms with Gasteiger partial charge in [-0.1, -0.05) is 48.6 Å². The molecule has 0 aliphatic carbocycles. The van der Waals surface area contributed by atoms with Crippen LogP contribution >= 0.6 is 45.2 Å². The van der Waals surface area contributed by atoms with Crippen LogP contribution < -0.4 is 0 Å². The topological polar surface area (TPSA) is 17.1 Å². The Balaban J connectivity index is 2.07. The molecule has 0 saturated carbocycles. The molecule has 0 atom stereocenters. The van der Waals surface area contributed by atoms with Crippen LogP contribution in [0.2, 0.25) is 0 Å². The lowest BCUT2D eigenvalue weighted by molar-refractivity contribution is -0.110. The molecule has 0 spiro atoms. The molecule has 0 bridgehead atoms. The summed E-state index contributed by atoms with van der Waals surface area (Å²) in [5, 5.41) is 0. The molecule has 0 unspecified atom stereocenters. The number of hydrogen-bond acceptors (Lipinski definition) is 1. The van der Waals surface area contributed by atoms with E-state index in [9.17, 15) is 4.79 Å². The van der Waals surface area contributed by atoms with Crippen LogP contribution in [0, 0.1) is 7.14 Å². The van der Waals surface area contributed by atoms with Gasteiger partial charge in [-0.15, -0.1) is 0 Å². The zero-order valence-corrected chi connectivity index (χ0v) is 14.9. The van der Waals surface area contributed by atoms with E-state index in [0.29, 0.717) is 0 Å². The number of hydrogen-bond donors (Lipinski definition) is 0. The summed E-state index contributed by atoms with van der Waals surface area (Å²) in [7, 11) is 0. The maximum absolute atomic E-state index is 11.8. The van der Waals surface area contributed by atoms with Crippen molar-refractivity contribution in [1.29, 1.82) is 0 Å². The third-order valence-corrected chi connectivity index (χ3v) is 4.63. The van der Waals surface area contributed by atoms with Gasteiger partial charge in [0.15, 0.2) is 5.78 Å². The molecule has 0 heterocycles. The first kappa shape index (κ1) is 15.4. The van der Waals surface area contributed by atoms with Gasteiger partial charge in [-0.3, -0.25) is 4.79 Å². The van der Waals surface area contributed by atoms with E-state index in [0.717, 1.165) is 18.3 Å². The van der Waals surface area contributed by atoms with Crippen LogP contribution in [0.5, 0.6) is 0 Å². The molecular formula is C17H12I2O. The molecule has 2 aromatic carbocycles. The summed E-state index contributed by atoms with van der Waals surface area (Å²) in [6.07, 6.45) is 6.91. The summed E-state index contributed by atoms with van der Waals surface area (Å²) in [5.41, 5.74) is 2.12. The minimum absolute atomic E-state index is 0.00990. The third kappa shape index (κ3) is 4.56. The summed E-state index contributed by atoms with van der Waals surface area (Å²) in [6.45, 7) is 0. The molecule has 2 aromatic rings. The Labute approximate surface area is 146 Å². The number of benzene rings is 2. The van der Waals surface area contributed by atoms with Gasteiger partial charge in [-0.05, 0) is 80.6 Å². The zero-order chi connectivity index (χ0) is 14.4. The van der Waals surface area contributed by atoms with Gasteiger partial charge in [-0.25, -0.2) is 0 Å². The highest BCUT2D eigenvalue weighted by Crippen LogP contribution is 2.14. The van der Waals surface area contributed by atoms with E-state index in [1.807, 2.05) is 60.7 Å². The third-order valence-electron chi connectivity index (χ3n) is 2.66. The number of carbonyl (C=O) groups excluding carboxylic acids is 1. The van der Waals surface area contributed by atoms with Gasteiger partial charge in [0.2, 0.25) is 0 Å². The lowest BCUT2D eigenvalue weighted by atomic mass is 10.1. The van der Waals surface area contributed by atoms with Crippen molar-refractivity contribution in [2.75, 3.05) is 0 Å². The number of halogens is 2. The van der Waals surface area contributed by atoms with Crippen molar-refractivity contribution in [3.8, 4) is 0 Å². The van der Waals surface area contributed by atoms with E-state index >= 15 is 0 Å². The first-order valence-electron chi connectivity index (χ1n) is 6.06. The Bertz CT molecular complexity index is 615. The summed E-state index contributed by atoms with van der Waals surface area (Å²) in [6, 6.07) is 15.9. The van der Waals surface area contributed by atoms with E-state index in [4.69, 9.17) is 0 Å². The predicted molar refractivity (Wildman–Crippen MR) is 101 cm³/mol. The molecule has 0 radical (unpaired) electrons. The molecule has 0 aliphatic rings. The molecule has 0 amide bonds. The summed E-state index contributed by atoms with van der Waals surface area (Å²) in [5.74, 6) is -0.00990. The van der Waals surface area contributed by atoms with Gasteiger partial charge in [0.05, 0.1) is 0 Å². The summed E-state index contributed by atoms with van der Waals surface area (Å²) >= 11 is 4.52. The molecule has 0 fully saturated rings. The molecule has 0 aliphatic heterocycles. The lowest BCUT2D eigenvalue weighted by Gasteiger charge is -1.97. The number of rotatable bonds is 4. The van der Waals surface area contributed by atoms with E-state index in [1.54, 1.807) is 12.2 Å². The average molecular weight is 486 g/mol. The number of carbonyl (C=O) groups is 1. The van der Waals surface area contributed by atoms with Crippen LogP contribution in [0.15, 0.2) is 60.7 Å². The fourth-order valence-electron chi connectivity index (χ4n) is 1.62. The number of allylic oxidation sites excluding steroid dienone is 2. The average Bonchev–Trinajstić information content (AvgIpc) is 2.45. The minimum Gasteiger partial charge on any atom is -0.290 e. The monoisotopic (exact) mass is 486 g/mol. The Kier molecular flexibility index (Phi) is 5.97. The van der Waals surface area contributed by atoms with Crippen LogP contribution in [0.3, 0.4) is 0 Å². The molecule has 100 valence electrons. The SMILES string of the molecule is O=C(/C=C/c1ccccc1I)/C=C/c1ccccc1I. The highest BCUT2D eigenvalue weighted by Gasteiger charge is 1.96. The second-order valence-electron chi connectivity index (χ2n) is 4.11. The van der Waals surface area contributed by atoms with Crippen molar-refractivity contribution < 1.29 is 4.79 Å². The van der Waals surface area contributed by atoms with Gasteiger partial charge in [0.1, 0.15) is 0 Å². The lowest BCUT2D eigenvalue weighted by Crippen LogP contribution is -1.87. The predicted octanol–water partition coefficient (Wildman–Crippen LogP) is 5.19. The van der Waals surface area contributed by atoms with Crippen LogP contribution in [0.25, 0.3) is 12.2 Å². The van der Waals surface area contributed by atoms with Crippen molar-refractivity contribution >= 4 is 63.1 Å². The van der Waals surface area contributed by atoms with Crippen molar-refractivity contribution in [2.24, 2.45) is 0 Å². The molecule has 0 N–H and O–H groups in total. The van der Waals surface area contributed by atoms with Crippen LogP contribution in [-0.2, 0) is 4.79 Å². The molecule has 0 aromatic heterocycles. The fourth-order valence-corrected chi connectivity index (χ4v) is 2.75. The van der Waals surface area contributed by atoms with E-state index in [1.165, 1.54) is 0 Å². The number of ketones is 1. The Morgan fingerprint density at radius 1 is 0.750 bits per heavy atom. The molecule has 0 saturated heterocycles. The van der Waals surface area contributed by atoms with Gasteiger partial charge in [0, 0.05) is 7.14 Å². The van der Waals surface area contributed by atoms with E-state index in [-0.39, 0.29) is 5.78 Å². The quantitative estimate of drug-likeness (QED) is 0.430. The summed E-state index contributed by atoms with van der Waals surface area (Å²) in [4.78, 5) is 11.8. The maximum Gasteiger partial charge on any atom is 0.178 e. The second-order valence-corrected chi connectivity index (χ2v) is 6.44. The van der Waals surface area contributed by atoms with Crippen LogP contribution in [-0.4, -0.2) is 5.78 Å². The Morgan fingerprint density at radius 2 is 1.15 bits per heavy atom. The van der Waals surface area contributed by atoms with Crippen LogP contribution in [0.4, 0.5) is 0 Å². The van der Waals surface area contributed by atoms with Crippen molar-refractivity contribution in [2.45, 2.75) is 0 Å². The highest BCUT2D eigenvalue weighted by atomic mass is 127. The van der Waals surface area contributed by atoms with Gasteiger partial charge in [-0.2, -0.15) is 0 Å². The van der Waals surface area contributed by atoms with Gasteiger partial charge < -0.3 is 0 Å². The minimum atomic E-state index is -0.00990. The highest BCUT2D eigenvalue weighted by molar-refractivity contribution is 14.1. The maximum atomic E-state index is 11.8. The molecular weight excluding hydrogens is 474 g/mol. The normalized spacial score (nSPS) is 11.3. The molecule has 3 heteroatoms. The van der Waals surface area contributed by atoms with Crippen molar-refractivity contribution in [3.05, 3.63) is 79.0 Å². The first-order valence-corrected chi connectivity index (χ1v) is 8.22. The smallest absolute Gasteiger partial charge is 0.178 e. The molecule has 1 nitrogen and oxygen atoms in total. The largest absolute Gasteiger partial charge is 0.290 e. The van der Waals surface area contributed by atoms with Crippen molar-refractivity contribution in [1.82, 2.24) is 0 Å². The van der Waals surface area contributed by atoms with Gasteiger partial charge >= 0.3 is 0 Å². The fraction of sp³-hybridized carbons (Fsp3) is 0. The first-order chi connectivity index (χ1) is 9.66. The standard InChI is InChI=1S/C17H12I2O/c18-16-7-3-1-5-13(16)9-11-15(20)12-10-14-6-2-4-8-17(14)19/h1-12H/b11-9+,12-10+. The Hall–Kier alpha value is -0.950. The van der Waals surface area contributed by atoms with E-state index < -0.39 is 0 Å². The molecule has 2 rings (SSSR count). The second kappa shape index (κ2) is 7.73. The Morgan fingerprint density at radius 3 is 1.55 bits per heavy atom. The summed E-state index contributed by atoms with van der Waals surface area (Å²) < 4.78 is 2.27.